The SMILES string of the molecule is COC(=O)c1cnc(N2CCn3cc(CN(C(=O)OC(C)(C)C)C4CC4c4ccc(F)cc4)nc3C2)nc1. The molecule has 5 rings (SSSR count). The summed E-state index contributed by atoms with van der Waals surface area (Å²) in [6, 6.07) is 6.40. The monoisotopic (exact) mass is 522 g/mol. The maximum atomic E-state index is 13.4. The summed E-state index contributed by atoms with van der Waals surface area (Å²) in [6.45, 7) is 7.68. The molecule has 0 radical (unpaired) electrons. The fourth-order valence-electron chi connectivity index (χ4n) is 4.67. The average Bonchev–Trinajstić information content (AvgIpc) is 3.57. The van der Waals surface area contributed by atoms with Gasteiger partial charge in [-0.15, -0.1) is 0 Å². The van der Waals surface area contributed by atoms with Crippen molar-refractivity contribution in [2.45, 2.75) is 64.4 Å². The van der Waals surface area contributed by atoms with Crippen LogP contribution in [0.4, 0.5) is 15.1 Å². The summed E-state index contributed by atoms with van der Waals surface area (Å²) in [4.78, 5) is 42.0. The maximum Gasteiger partial charge on any atom is 0.410 e. The zero-order valence-electron chi connectivity index (χ0n) is 21.9. The number of nitrogens with zero attached hydrogens (tertiary/aromatic N) is 6. The van der Waals surface area contributed by atoms with Gasteiger partial charge in [0, 0.05) is 43.6 Å². The predicted molar refractivity (Wildman–Crippen MR) is 136 cm³/mol. The number of ether oxygens (including phenoxy) is 2. The number of rotatable bonds is 6. The third-order valence-electron chi connectivity index (χ3n) is 6.61. The van der Waals surface area contributed by atoms with Crippen LogP contribution in [-0.4, -0.2) is 61.8 Å². The molecule has 1 amide bonds. The molecule has 2 aromatic heterocycles. The number of carbonyl (C=O) groups excluding carboxylic acids is 2. The highest BCUT2D eigenvalue weighted by Gasteiger charge is 2.46. The van der Waals surface area contributed by atoms with E-state index in [4.69, 9.17) is 14.5 Å². The minimum Gasteiger partial charge on any atom is -0.465 e. The van der Waals surface area contributed by atoms with E-state index >= 15 is 0 Å². The number of methoxy groups -OCH3 is 1. The zero-order valence-corrected chi connectivity index (χ0v) is 21.9. The van der Waals surface area contributed by atoms with E-state index < -0.39 is 11.6 Å². The van der Waals surface area contributed by atoms with Crippen LogP contribution in [0.2, 0.25) is 0 Å². The Balaban J connectivity index is 1.31. The molecule has 1 aliphatic heterocycles. The number of amides is 1. The van der Waals surface area contributed by atoms with Gasteiger partial charge in [0.25, 0.3) is 0 Å². The molecule has 1 aliphatic carbocycles. The highest BCUT2D eigenvalue weighted by atomic mass is 19.1. The molecule has 0 saturated heterocycles. The molecular formula is C27H31FN6O4. The van der Waals surface area contributed by atoms with E-state index in [9.17, 15) is 14.0 Å². The number of anilines is 1. The van der Waals surface area contributed by atoms with Crippen molar-refractivity contribution in [3.63, 3.8) is 0 Å². The minimum atomic E-state index is -0.632. The van der Waals surface area contributed by atoms with Gasteiger partial charge in [0.2, 0.25) is 5.95 Å². The van der Waals surface area contributed by atoms with Gasteiger partial charge in [-0.3, -0.25) is 4.90 Å². The number of hydrogen-bond acceptors (Lipinski definition) is 8. The van der Waals surface area contributed by atoms with Gasteiger partial charge in [0.15, 0.2) is 0 Å². The van der Waals surface area contributed by atoms with Gasteiger partial charge >= 0.3 is 12.1 Å². The number of benzene rings is 1. The Morgan fingerprint density at radius 2 is 1.84 bits per heavy atom. The first-order chi connectivity index (χ1) is 18.1. The Morgan fingerprint density at radius 3 is 2.50 bits per heavy atom. The van der Waals surface area contributed by atoms with Crippen molar-refractivity contribution in [3.05, 3.63) is 71.3 Å². The first-order valence-corrected chi connectivity index (χ1v) is 12.6. The standard InChI is InChI=1S/C27H31FN6O4/c1-27(2,3)38-26(36)34(22-11-21(22)17-5-7-19(28)8-6-17)15-20-14-32-9-10-33(16-23(32)31-20)25-29-12-18(13-30-25)24(35)37-4/h5-8,12-14,21-22H,9-11,15-16H2,1-4H3. The normalized spacial score (nSPS) is 18.5. The third kappa shape index (κ3) is 5.61. The van der Waals surface area contributed by atoms with E-state index in [1.165, 1.54) is 31.6 Å². The van der Waals surface area contributed by atoms with Crippen molar-refractivity contribution >= 4 is 18.0 Å². The highest BCUT2D eigenvalue weighted by Crippen LogP contribution is 2.45. The van der Waals surface area contributed by atoms with Crippen LogP contribution in [0.3, 0.4) is 0 Å². The smallest absolute Gasteiger partial charge is 0.410 e. The number of hydrogen-bond donors (Lipinski definition) is 0. The second kappa shape index (κ2) is 10.0. The Morgan fingerprint density at radius 1 is 1.13 bits per heavy atom. The quantitative estimate of drug-likeness (QED) is 0.449. The molecule has 1 fully saturated rings. The van der Waals surface area contributed by atoms with Gasteiger partial charge in [0.1, 0.15) is 17.2 Å². The van der Waals surface area contributed by atoms with E-state index in [2.05, 4.69) is 14.5 Å². The van der Waals surface area contributed by atoms with Crippen LogP contribution in [0.15, 0.2) is 42.9 Å². The minimum absolute atomic E-state index is 0.0488. The molecule has 38 heavy (non-hydrogen) atoms. The molecule has 2 aliphatic rings. The van der Waals surface area contributed by atoms with Crippen molar-refractivity contribution < 1.29 is 23.5 Å². The summed E-state index contributed by atoms with van der Waals surface area (Å²) in [6.07, 6.45) is 5.27. The first kappa shape index (κ1) is 25.6. The lowest BCUT2D eigenvalue weighted by Gasteiger charge is -2.27. The third-order valence-corrected chi connectivity index (χ3v) is 6.61. The summed E-state index contributed by atoms with van der Waals surface area (Å²) in [7, 11) is 1.31. The molecule has 2 unspecified atom stereocenters. The van der Waals surface area contributed by atoms with Gasteiger partial charge in [-0.1, -0.05) is 12.1 Å². The zero-order chi connectivity index (χ0) is 27.0. The number of fused-ring (bicyclic) bond motifs is 1. The summed E-state index contributed by atoms with van der Waals surface area (Å²) < 4.78 is 25.9. The molecule has 3 heterocycles. The van der Waals surface area contributed by atoms with Crippen LogP contribution in [0.1, 0.15) is 60.5 Å². The van der Waals surface area contributed by atoms with Crippen LogP contribution in [0.5, 0.6) is 0 Å². The molecule has 11 heteroatoms. The average molecular weight is 523 g/mol. The van der Waals surface area contributed by atoms with Crippen LogP contribution in [-0.2, 0) is 29.1 Å². The molecule has 0 N–H and O–H groups in total. The number of aromatic nitrogens is 4. The largest absolute Gasteiger partial charge is 0.465 e. The lowest BCUT2D eigenvalue weighted by atomic mass is 10.1. The van der Waals surface area contributed by atoms with Crippen molar-refractivity contribution in [2.75, 3.05) is 18.6 Å². The fraction of sp³-hybridized carbons (Fsp3) is 0.444. The summed E-state index contributed by atoms with van der Waals surface area (Å²) in [5, 5.41) is 0. The number of carbonyl (C=O) groups is 2. The van der Waals surface area contributed by atoms with Gasteiger partial charge in [-0.25, -0.2) is 28.9 Å². The molecule has 10 nitrogen and oxygen atoms in total. The van der Waals surface area contributed by atoms with Crippen molar-refractivity contribution in [1.82, 2.24) is 24.4 Å². The van der Waals surface area contributed by atoms with E-state index in [0.717, 1.165) is 23.5 Å². The fourth-order valence-corrected chi connectivity index (χ4v) is 4.67. The Labute approximate surface area is 220 Å². The molecular weight excluding hydrogens is 491 g/mol. The summed E-state index contributed by atoms with van der Waals surface area (Å²) in [5.74, 6) is 0.700. The van der Waals surface area contributed by atoms with E-state index in [-0.39, 0.29) is 23.9 Å². The molecule has 3 aromatic rings. The predicted octanol–water partition coefficient (Wildman–Crippen LogP) is 3.91. The van der Waals surface area contributed by atoms with Gasteiger partial charge in [0.05, 0.1) is 31.5 Å². The van der Waals surface area contributed by atoms with Crippen LogP contribution >= 0.6 is 0 Å². The highest BCUT2D eigenvalue weighted by molar-refractivity contribution is 5.88. The van der Waals surface area contributed by atoms with Gasteiger partial charge < -0.3 is 18.9 Å². The van der Waals surface area contributed by atoms with Crippen LogP contribution in [0, 0.1) is 5.82 Å². The molecule has 0 spiro atoms. The first-order valence-electron chi connectivity index (χ1n) is 12.6. The second-order valence-corrected chi connectivity index (χ2v) is 10.6. The van der Waals surface area contributed by atoms with Crippen molar-refractivity contribution in [2.24, 2.45) is 0 Å². The Bertz CT molecular complexity index is 1320. The molecule has 1 aromatic carbocycles. The van der Waals surface area contributed by atoms with Crippen molar-refractivity contribution in [3.8, 4) is 0 Å². The second-order valence-electron chi connectivity index (χ2n) is 10.6. The molecule has 200 valence electrons. The Hall–Kier alpha value is -4.02. The van der Waals surface area contributed by atoms with E-state index in [0.29, 0.717) is 37.7 Å². The van der Waals surface area contributed by atoms with Gasteiger partial charge in [-0.2, -0.15) is 0 Å². The number of halogens is 1. The van der Waals surface area contributed by atoms with E-state index in [1.807, 2.05) is 31.9 Å². The lowest BCUT2D eigenvalue weighted by molar-refractivity contribution is 0.0210. The van der Waals surface area contributed by atoms with E-state index in [1.54, 1.807) is 17.0 Å². The van der Waals surface area contributed by atoms with Crippen LogP contribution < -0.4 is 4.90 Å². The topological polar surface area (TPSA) is 103 Å². The number of imidazole rings is 1. The lowest BCUT2D eigenvalue weighted by Crippen LogP contribution is -2.38. The summed E-state index contributed by atoms with van der Waals surface area (Å²) >= 11 is 0. The van der Waals surface area contributed by atoms with Crippen LogP contribution in [0.25, 0.3) is 0 Å². The molecule has 1 saturated carbocycles. The summed E-state index contributed by atoms with van der Waals surface area (Å²) in [5.41, 5.74) is 1.42. The number of esters is 1. The molecule has 0 bridgehead atoms. The Kier molecular flexibility index (Phi) is 6.77. The van der Waals surface area contributed by atoms with Gasteiger partial charge in [-0.05, 0) is 44.9 Å². The molecule has 2 atom stereocenters. The van der Waals surface area contributed by atoms with Crippen molar-refractivity contribution in [1.29, 1.82) is 0 Å². The maximum absolute atomic E-state index is 13.4.